The van der Waals surface area contributed by atoms with Crippen LogP contribution in [0.3, 0.4) is 0 Å². The molecule has 1 aromatic carbocycles. The Balaban J connectivity index is 1.89. The molecule has 3 rings (SSSR count). The maximum Gasteiger partial charge on any atom is 0.259 e. The normalized spacial score (nSPS) is 27.2. The van der Waals surface area contributed by atoms with Gasteiger partial charge in [-0.15, -0.1) is 0 Å². The number of rotatable bonds is 1. The van der Waals surface area contributed by atoms with Gasteiger partial charge in [-0.25, -0.2) is 0 Å². The zero-order chi connectivity index (χ0) is 11.9. The van der Waals surface area contributed by atoms with Gasteiger partial charge in [0, 0.05) is 18.0 Å². The topological polar surface area (TPSA) is 40.5 Å². The van der Waals surface area contributed by atoms with Crippen molar-refractivity contribution in [1.29, 1.82) is 0 Å². The van der Waals surface area contributed by atoms with Crippen LogP contribution >= 0.6 is 11.8 Å². The van der Waals surface area contributed by atoms with Crippen molar-refractivity contribution in [1.82, 2.24) is 0 Å². The molecule has 1 unspecified atom stereocenters. The van der Waals surface area contributed by atoms with E-state index in [1.807, 2.05) is 18.2 Å². The average Bonchev–Trinajstić information content (AvgIpc) is 2.95. The Kier molecular flexibility index (Phi) is 2.64. The summed E-state index contributed by atoms with van der Waals surface area (Å²) in [5.41, 5.74) is 1.04. The zero-order valence-electron chi connectivity index (χ0n) is 9.56. The first-order valence-corrected chi connectivity index (χ1v) is 7.06. The summed E-state index contributed by atoms with van der Waals surface area (Å²) in [5, 5.41) is 10.3. The molecule has 1 saturated heterocycles. The minimum Gasteiger partial charge on any atom is -0.379 e. The highest BCUT2D eigenvalue weighted by atomic mass is 32.2. The van der Waals surface area contributed by atoms with Crippen molar-refractivity contribution < 1.29 is 9.90 Å². The van der Waals surface area contributed by atoms with Gasteiger partial charge in [-0.05, 0) is 30.2 Å². The summed E-state index contributed by atoms with van der Waals surface area (Å²) in [5.74, 6) is 1.29. The molecule has 1 atom stereocenters. The van der Waals surface area contributed by atoms with Crippen LogP contribution in [0.15, 0.2) is 24.3 Å². The molecule has 0 saturated carbocycles. The molecule has 17 heavy (non-hydrogen) atoms. The molecule has 2 heterocycles. The predicted molar refractivity (Wildman–Crippen MR) is 69.4 cm³/mol. The second-order valence-electron chi connectivity index (χ2n) is 4.67. The molecule has 0 aromatic heterocycles. The molecular formula is C13H15NO2S. The van der Waals surface area contributed by atoms with Gasteiger partial charge in [-0.1, -0.05) is 18.2 Å². The van der Waals surface area contributed by atoms with Crippen LogP contribution in [-0.2, 0) is 11.2 Å². The molecule has 0 bridgehead atoms. The van der Waals surface area contributed by atoms with Crippen molar-refractivity contribution in [2.75, 3.05) is 23.0 Å². The van der Waals surface area contributed by atoms with Gasteiger partial charge in [0.2, 0.25) is 0 Å². The van der Waals surface area contributed by atoms with E-state index in [-0.39, 0.29) is 5.91 Å². The van der Waals surface area contributed by atoms with Crippen molar-refractivity contribution in [3.8, 4) is 0 Å². The number of carbonyl (C=O) groups excluding carboxylic acids is 1. The Bertz CT molecular complexity index is 454. The van der Waals surface area contributed by atoms with Gasteiger partial charge in [0.05, 0.1) is 0 Å². The van der Waals surface area contributed by atoms with Crippen LogP contribution in [0.4, 0.5) is 5.69 Å². The Morgan fingerprint density at radius 3 is 3.00 bits per heavy atom. The van der Waals surface area contributed by atoms with Crippen LogP contribution in [0, 0.1) is 0 Å². The van der Waals surface area contributed by atoms with E-state index in [0.717, 1.165) is 17.9 Å². The Morgan fingerprint density at radius 1 is 1.41 bits per heavy atom. The molecule has 1 fully saturated rings. The van der Waals surface area contributed by atoms with Crippen molar-refractivity contribution in [2.24, 2.45) is 0 Å². The molecular weight excluding hydrogens is 234 g/mol. The third-order valence-electron chi connectivity index (χ3n) is 3.53. The number of thioether (sulfide) groups is 1. The van der Waals surface area contributed by atoms with Crippen molar-refractivity contribution in [3.63, 3.8) is 0 Å². The van der Waals surface area contributed by atoms with Crippen molar-refractivity contribution in [2.45, 2.75) is 18.4 Å². The highest BCUT2D eigenvalue weighted by molar-refractivity contribution is 7.99. The zero-order valence-corrected chi connectivity index (χ0v) is 10.4. The molecule has 0 spiro atoms. The van der Waals surface area contributed by atoms with Crippen molar-refractivity contribution >= 4 is 23.4 Å². The number of hydrogen-bond donors (Lipinski definition) is 1. The molecule has 3 nitrogen and oxygen atoms in total. The molecule has 0 radical (unpaired) electrons. The van der Waals surface area contributed by atoms with E-state index in [4.69, 9.17) is 0 Å². The number of benzene rings is 1. The van der Waals surface area contributed by atoms with Gasteiger partial charge in [0.15, 0.2) is 5.60 Å². The third kappa shape index (κ3) is 1.76. The van der Waals surface area contributed by atoms with Crippen LogP contribution in [0.1, 0.15) is 12.0 Å². The van der Waals surface area contributed by atoms with E-state index in [1.54, 1.807) is 16.7 Å². The van der Waals surface area contributed by atoms with E-state index in [2.05, 4.69) is 6.07 Å². The quantitative estimate of drug-likeness (QED) is 0.819. The van der Waals surface area contributed by atoms with Gasteiger partial charge in [0.25, 0.3) is 5.91 Å². The monoisotopic (exact) mass is 249 g/mol. The molecule has 4 heteroatoms. The van der Waals surface area contributed by atoms with Gasteiger partial charge >= 0.3 is 0 Å². The lowest BCUT2D eigenvalue weighted by molar-refractivity contribution is -0.134. The summed E-state index contributed by atoms with van der Waals surface area (Å²) in [7, 11) is 0. The SMILES string of the molecule is O=C(N1CCc2ccccc21)C1(O)CCSC1. The first-order chi connectivity index (χ1) is 8.21. The Morgan fingerprint density at radius 2 is 2.24 bits per heavy atom. The third-order valence-corrected chi connectivity index (χ3v) is 4.71. The van der Waals surface area contributed by atoms with E-state index in [0.29, 0.717) is 18.7 Å². The van der Waals surface area contributed by atoms with Gasteiger partial charge in [0.1, 0.15) is 0 Å². The second-order valence-corrected chi connectivity index (χ2v) is 5.77. The number of hydrogen-bond acceptors (Lipinski definition) is 3. The minimum absolute atomic E-state index is 0.118. The number of anilines is 1. The summed E-state index contributed by atoms with van der Waals surface area (Å²) in [6.45, 7) is 0.700. The largest absolute Gasteiger partial charge is 0.379 e. The molecule has 1 aromatic rings. The molecule has 2 aliphatic rings. The molecule has 2 aliphatic heterocycles. The fraction of sp³-hybridized carbons (Fsp3) is 0.462. The van der Waals surface area contributed by atoms with E-state index in [9.17, 15) is 9.90 Å². The van der Waals surface area contributed by atoms with Crippen LogP contribution < -0.4 is 4.90 Å². The minimum atomic E-state index is -1.14. The number of amides is 1. The summed E-state index contributed by atoms with van der Waals surface area (Å²) >= 11 is 1.65. The number of fused-ring (bicyclic) bond motifs is 1. The van der Waals surface area contributed by atoms with Gasteiger partial charge in [-0.2, -0.15) is 11.8 Å². The van der Waals surface area contributed by atoms with Crippen LogP contribution in [0.2, 0.25) is 0 Å². The van der Waals surface area contributed by atoms with Gasteiger partial charge in [-0.3, -0.25) is 4.79 Å². The van der Waals surface area contributed by atoms with E-state index in [1.165, 1.54) is 5.56 Å². The number of carbonyl (C=O) groups is 1. The van der Waals surface area contributed by atoms with Crippen LogP contribution in [0.25, 0.3) is 0 Å². The van der Waals surface area contributed by atoms with Gasteiger partial charge < -0.3 is 10.0 Å². The maximum absolute atomic E-state index is 12.4. The average molecular weight is 249 g/mol. The summed E-state index contributed by atoms with van der Waals surface area (Å²) < 4.78 is 0. The lowest BCUT2D eigenvalue weighted by Gasteiger charge is -2.27. The highest BCUT2D eigenvalue weighted by Crippen LogP contribution is 2.34. The van der Waals surface area contributed by atoms with Crippen LogP contribution in [-0.4, -0.2) is 34.7 Å². The first kappa shape index (κ1) is 11.1. The summed E-state index contributed by atoms with van der Waals surface area (Å²) in [6, 6.07) is 7.95. The highest BCUT2D eigenvalue weighted by Gasteiger charge is 2.43. The molecule has 90 valence electrons. The number of para-hydroxylation sites is 1. The van der Waals surface area contributed by atoms with Crippen LogP contribution in [0.5, 0.6) is 0 Å². The molecule has 1 amide bonds. The smallest absolute Gasteiger partial charge is 0.259 e. The van der Waals surface area contributed by atoms with E-state index >= 15 is 0 Å². The Labute approximate surface area is 105 Å². The summed E-state index contributed by atoms with van der Waals surface area (Å²) in [6.07, 6.45) is 1.47. The second kappa shape index (κ2) is 4.03. The van der Waals surface area contributed by atoms with Crippen molar-refractivity contribution in [3.05, 3.63) is 29.8 Å². The molecule has 1 N–H and O–H groups in total. The standard InChI is InChI=1S/C13H15NO2S/c15-12(13(16)6-8-17-9-13)14-7-5-10-3-1-2-4-11(10)14/h1-4,16H,5-9H2. The fourth-order valence-electron chi connectivity index (χ4n) is 2.52. The Hall–Kier alpha value is -1.00. The lowest BCUT2D eigenvalue weighted by Crippen LogP contribution is -2.48. The van der Waals surface area contributed by atoms with E-state index < -0.39 is 5.60 Å². The fourth-order valence-corrected chi connectivity index (χ4v) is 3.76. The number of aliphatic hydroxyl groups is 1. The lowest BCUT2D eigenvalue weighted by atomic mass is 10.0. The molecule has 0 aliphatic carbocycles. The first-order valence-electron chi connectivity index (χ1n) is 5.91. The maximum atomic E-state index is 12.4. The summed E-state index contributed by atoms with van der Waals surface area (Å²) in [4.78, 5) is 14.1. The predicted octanol–water partition coefficient (Wildman–Crippen LogP) is 1.44. The number of nitrogens with zero attached hydrogens (tertiary/aromatic N) is 1.